The van der Waals surface area contributed by atoms with Crippen molar-refractivity contribution in [2.45, 2.75) is 46.6 Å². The van der Waals surface area contributed by atoms with Gasteiger partial charge < -0.3 is 9.47 Å². The summed E-state index contributed by atoms with van der Waals surface area (Å²) in [6.07, 6.45) is 1.62. The lowest BCUT2D eigenvalue weighted by molar-refractivity contribution is 0.353. The second kappa shape index (κ2) is 8.34. The van der Waals surface area contributed by atoms with Crippen molar-refractivity contribution in [1.82, 2.24) is 9.13 Å². The zero-order valence-electron chi connectivity index (χ0n) is 19.9. The van der Waals surface area contributed by atoms with E-state index < -0.39 is 0 Å². The molecule has 1 aliphatic heterocycles. The van der Waals surface area contributed by atoms with Crippen molar-refractivity contribution in [3.8, 4) is 22.8 Å². The lowest BCUT2D eigenvalue weighted by atomic mass is 9.91. The molecule has 1 atom stereocenters. The van der Waals surface area contributed by atoms with Crippen LogP contribution in [0.4, 0.5) is 5.69 Å². The summed E-state index contributed by atoms with van der Waals surface area (Å²) in [6.45, 7) is 8.32. The fourth-order valence-corrected chi connectivity index (χ4v) is 4.78. The zero-order chi connectivity index (χ0) is 23.2. The van der Waals surface area contributed by atoms with Crippen LogP contribution >= 0.6 is 0 Å². The number of hydrogen-bond acceptors (Lipinski definition) is 4. The highest BCUT2D eigenvalue weighted by molar-refractivity contribution is 5.70. The molecule has 4 rings (SSSR count). The van der Waals surface area contributed by atoms with Crippen LogP contribution < -0.4 is 20.7 Å². The molecular weight excluding hydrogens is 402 g/mol. The van der Waals surface area contributed by atoms with Gasteiger partial charge in [0.1, 0.15) is 5.49 Å². The van der Waals surface area contributed by atoms with Gasteiger partial charge in [0.15, 0.2) is 11.5 Å². The minimum atomic E-state index is -0.0593. The summed E-state index contributed by atoms with van der Waals surface area (Å²) in [6, 6.07) is 10.3. The number of rotatable bonds is 4. The highest BCUT2D eigenvalue weighted by atomic mass is 16.5. The van der Waals surface area contributed by atoms with E-state index in [1.54, 1.807) is 25.8 Å². The first-order valence-electron chi connectivity index (χ1n) is 11.0. The number of ether oxygens (including phenoxy) is 2. The Hall–Kier alpha value is -3.28. The summed E-state index contributed by atoms with van der Waals surface area (Å²) in [5.41, 5.74) is 7.88. The smallest absolute Gasteiger partial charge is 0.330 e. The lowest BCUT2D eigenvalue weighted by Crippen LogP contribution is -2.42. The molecule has 0 saturated heterocycles. The second-order valence-corrected chi connectivity index (χ2v) is 8.59. The monoisotopic (exact) mass is 433 g/mol. The third-order valence-corrected chi connectivity index (χ3v) is 6.40. The Morgan fingerprint density at radius 1 is 1.00 bits per heavy atom. The van der Waals surface area contributed by atoms with Crippen molar-refractivity contribution in [2.75, 3.05) is 14.2 Å². The highest BCUT2D eigenvalue weighted by Gasteiger charge is 2.27. The van der Waals surface area contributed by atoms with E-state index in [2.05, 4.69) is 39.8 Å². The maximum atomic E-state index is 13.5. The third-order valence-electron chi connectivity index (χ3n) is 6.40. The van der Waals surface area contributed by atoms with Crippen molar-refractivity contribution in [1.29, 1.82) is 0 Å². The lowest BCUT2D eigenvalue weighted by Gasteiger charge is -2.30. The quantitative estimate of drug-likeness (QED) is 0.607. The van der Waals surface area contributed by atoms with Crippen LogP contribution in [0.25, 0.3) is 11.3 Å². The van der Waals surface area contributed by atoms with Crippen molar-refractivity contribution in [2.24, 2.45) is 12.0 Å². The Morgan fingerprint density at radius 2 is 1.62 bits per heavy atom. The van der Waals surface area contributed by atoms with E-state index in [0.29, 0.717) is 17.0 Å². The van der Waals surface area contributed by atoms with E-state index in [9.17, 15) is 4.79 Å². The molecule has 3 aromatic rings. The SMILES string of the molecule is CC[C@H]1Cc2cc(OC)c(OC)cc2-c2c/c(=N/c3c(C)cc(C)cc3C)n(C)c(=O)n21. The van der Waals surface area contributed by atoms with E-state index in [0.717, 1.165) is 46.5 Å². The molecule has 0 unspecified atom stereocenters. The van der Waals surface area contributed by atoms with Crippen molar-refractivity contribution < 1.29 is 9.47 Å². The van der Waals surface area contributed by atoms with Gasteiger partial charge in [0.25, 0.3) is 0 Å². The van der Waals surface area contributed by atoms with Gasteiger partial charge in [-0.25, -0.2) is 9.79 Å². The van der Waals surface area contributed by atoms with Crippen LogP contribution in [0.15, 0.2) is 40.1 Å². The first-order chi connectivity index (χ1) is 15.3. The van der Waals surface area contributed by atoms with Crippen LogP contribution in [-0.4, -0.2) is 23.4 Å². The molecule has 0 saturated carbocycles. The van der Waals surface area contributed by atoms with Gasteiger partial charge in [-0.05, 0) is 62.4 Å². The summed E-state index contributed by atoms with van der Waals surface area (Å²) in [4.78, 5) is 18.5. The number of methoxy groups -OCH3 is 2. The van der Waals surface area contributed by atoms with Crippen LogP contribution in [0.3, 0.4) is 0 Å². The van der Waals surface area contributed by atoms with Gasteiger partial charge in [-0.3, -0.25) is 9.13 Å². The fourth-order valence-electron chi connectivity index (χ4n) is 4.78. The minimum Gasteiger partial charge on any atom is -0.493 e. The average Bonchev–Trinajstić information content (AvgIpc) is 2.77. The van der Waals surface area contributed by atoms with Gasteiger partial charge in [0.05, 0.1) is 25.6 Å². The number of nitrogens with zero attached hydrogens (tertiary/aromatic N) is 3. The predicted molar refractivity (Wildman–Crippen MR) is 127 cm³/mol. The van der Waals surface area contributed by atoms with Crippen LogP contribution in [0, 0.1) is 20.8 Å². The minimum absolute atomic E-state index is 0.0593. The van der Waals surface area contributed by atoms with Gasteiger partial charge in [-0.2, -0.15) is 0 Å². The topological polar surface area (TPSA) is 57.8 Å². The predicted octanol–water partition coefficient (Wildman–Crippen LogP) is 4.54. The van der Waals surface area contributed by atoms with Gasteiger partial charge >= 0.3 is 5.69 Å². The molecular formula is C26H31N3O3. The normalized spacial score (nSPS) is 15.3. The molecule has 0 radical (unpaired) electrons. The number of benzene rings is 2. The Bertz CT molecular complexity index is 1310. The maximum Gasteiger partial charge on any atom is 0.330 e. The molecule has 32 heavy (non-hydrogen) atoms. The summed E-state index contributed by atoms with van der Waals surface area (Å²) in [5.74, 6) is 1.35. The molecule has 6 heteroatoms. The van der Waals surface area contributed by atoms with Crippen LogP contribution in [-0.2, 0) is 13.5 Å². The standard InChI is InChI=1S/C26H31N3O3/c1-8-19-11-18-12-22(31-6)23(32-7)13-20(18)21-14-24(28(5)26(30)29(19)21)27-25-16(3)9-15(2)10-17(25)4/h9-10,12-14,19H,8,11H2,1-7H3/b27-24-/t19-/m0/s1. The van der Waals surface area contributed by atoms with Gasteiger partial charge in [-0.1, -0.05) is 24.6 Å². The summed E-state index contributed by atoms with van der Waals surface area (Å²) < 4.78 is 14.6. The molecule has 0 spiro atoms. The molecule has 2 heterocycles. The van der Waals surface area contributed by atoms with E-state index in [-0.39, 0.29) is 11.7 Å². The van der Waals surface area contributed by atoms with Crippen LogP contribution in [0.5, 0.6) is 11.5 Å². The van der Waals surface area contributed by atoms with Gasteiger partial charge in [0, 0.05) is 24.7 Å². The first kappa shape index (κ1) is 21.9. The van der Waals surface area contributed by atoms with Gasteiger partial charge in [-0.15, -0.1) is 0 Å². The summed E-state index contributed by atoms with van der Waals surface area (Å²) >= 11 is 0. The fraction of sp³-hybridized carbons (Fsp3) is 0.385. The molecule has 1 aromatic heterocycles. The Labute approximate surface area is 188 Å². The van der Waals surface area contributed by atoms with Crippen LogP contribution in [0.2, 0.25) is 0 Å². The largest absolute Gasteiger partial charge is 0.493 e. The van der Waals surface area contributed by atoms with Crippen molar-refractivity contribution >= 4 is 5.69 Å². The number of aromatic nitrogens is 2. The molecule has 6 nitrogen and oxygen atoms in total. The Morgan fingerprint density at radius 3 is 2.22 bits per heavy atom. The maximum absolute atomic E-state index is 13.5. The zero-order valence-corrected chi connectivity index (χ0v) is 19.9. The second-order valence-electron chi connectivity index (χ2n) is 8.59. The number of aryl methyl sites for hydroxylation is 3. The van der Waals surface area contributed by atoms with E-state index in [1.165, 1.54) is 5.56 Å². The number of fused-ring (bicyclic) bond motifs is 3. The van der Waals surface area contributed by atoms with Crippen molar-refractivity contribution in [3.05, 3.63) is 68.6 Å². The molecule has 0 aliphatic carbocycles. The molecule has 1 aliphatic rings. The average molecular weight is 434 g/mol. The van der Waals surface area contributed by atoms with E-state index in [1.807, 2.05) is 22.8 Å². The van der Waals surface area contributed by atoms with Crippen molar-refractivity contribution in [3.63, 3.8) is 0 Å². The molecule has 0 bridgehead atoms. The number of hydrogen-bond donors (Lipinski definition) is 0. The van der Waals surface area contributed by atoms with Gasteiger partial charge in [0.2, 0.25) is 0 Å². The molecule has 168 valence electrons. The molecule has 0 N–H and O–H groups in total. The summed E-state index contributed by atoms with van der Waals surface area (Å²) in [5, 5.41) is 0. The molecule has 0 amide bonds. The summed E-state index contributed by atoms with van der Waals surface area (Å²) in [7, 11) is 5.07. The van der Waals surface area contributed by atoms with E-state index >= 15 is 0 Å². The Balaban J connectivity index is 2.05. The highest BCUT2D eigenvalue weighted by Crippen LogP contribution is 2.40. The molecule has 2 aromatic carbocycles. The first-order valence-corrected chi connectivity index (χ1v) is 11.0. The van der Waals surface area contributed by atoms with Crippen LogP contribution in [0.1, 0.15) is 41.6 Å². The third kappa shape index (κ3) is 3.53. The van der Waals surface area contributed by atoms with E-state index in [4.69, 9.17) is 14.5 Å². The Kier molecular flexibility index (Phi) is 5.71. The molecule has 0 fully saturated rings.